The van der Waals surface area contributed by atoms with Crippen LogP contribution in [0.5, 0.6) is 0 Å². The molecule has 0 radical (unpaired) electrons. The molecule has 3 rings (SSSR count). The van der Waals surface area contributed by atoms with Gasteiger partial charge in [0, 0.05) is 24.7 Å². The first-order chi connectivity index (χ1) is 8.74. The topological polar surface area (TPSA) is 18.5 Å². The minimum atomic E-state index is 0.712. The molecule has 3 heterocycles. The van der Waals surface area contributed by atoms with E-state index in [-0.39, 0.29) is 0 Å². The van der Waals surface area contributed by atoms with Crippen molar-refractivity contribution >= 4 is 0 Å². The number of hydrogen-bond acceptors (Lipinski definition) is 3. The summed E-state index contributed by atoms with van der Waals surface area (Å²) >= 11 is 0. The molecule has 0 amide bonds. The molecular weight excluding hydrogens is 222 g/mol. The summed E-state index contributed by atoms with van der Waals surface area (Å²) in [5.41, 5.74) is 0. The Kier molecular flexibility index (Phi) is 3.92. The molecule has 3 aliphatic heterocycles. The van der Waals surface area contributed by atoms with E-state index in [0.717, 1.165) is 18.0 Å². The van der Waals surface area contributed by atoms with Gasteiger partial charge in [-0.05, 0) is 71.6 Å². The Balaban J connectivity index is 1.50. The molecule has 3 unspecified atom stereocenters. The monoisotopic (exact) mass is 251 g/mol. The lowest BCUT2D eigenvalue weighted by Gasteiger charge is -2.35. The quantitative estimate of drug-likeness (QED) is 0.821. The van der Waals surface area contributed by atoms with Crippen LogP contribution in [0.2, 0.25) is 0 Å². The van der Waals surface area contributed by atoms with Crippen molar-refractivity contribution in [2.45, 2.75) is 57.2 Å². The third kappa shape index (κ3) is 2.59. The number of nitrogens with one attached hydrogen (secondary N) is 1. The largest absolute Gasteiger partial charge is 0.310 e. The number of rotatable bonds is 3. The summed E-state index contributed by atoms with van der Waals surface area (Å²) < 4.78 is 0. The van der Waals surface area contributed by atoms with Gasteiger partial charge >= 0.3 is 0 Å². The Morgan fingerprint density at radius 1 is 1.00 bits per heavy atom. The average Bonchev–Trinajstić information content (AvgIpc) is 2.95. The highest BCUT2D eigenvalue weighted by Gasteiger charge is 2.38. The zero-order valence-corrected chi connectivity index (χ0v) is 12.1. The predicted molar refractivity (Wildman–Crippen MR) is 75.8 cm³/mol. The van der Waals surface area contributed by atoms with Crippen molar-refractivity contribution in [1.82, 2.24) is 15.1 Å². The molecule has 0 saturated carbocycles. The van der Waals surface area contributed by atoms with Crippen LogP contribution < -0.4 is 5.32 Å². The summed E-state index contributed by atoms with van der Waals surface area (Å²) in [4.78, 5) is 5.18. The predicted octanol–water partition coefficient (Wildman–Crippen LogP) is 1.54. The van der Waals surface area contributed by atoms with E-state index < -0.39 is 0 Å². The van der Waals surface area contributed by atoms with E-state index in [1.807, 2.05) is 0 Å². The fourth-order valence-electron chi connectivity index (χ4n) is 4.28. The summed E-state index contributed by atoms with van der Waals surface area (Å²) in [6.07, 6.45) is 6.99. The van der Waals surface area contributed by atoms with Crippen molar-refractivity contribution in [2.24, 2.45) is 5.92 Å². The SMILES string of the molecule is CC(NC1CCN2CCCC12)C1CCN(C)CC1. The highest BCUT2D eigenvalue weighted by atomic mass is 15.2. The lowest BCUT2D eigenvalue weighted by Crippen LogP contribution is -2.48. The smallest absolute Gasteiger partial charge is 0.0250 e. The molecule has 3 saturated heterocycles. The van der Waals surface area contributed by atoms with Gasteiger partial charge in [0.2, 0.25) is 0 Å². The lowest BCUT2D eigenvalue weighted by molar-refractivity contribution is 0.178. The molecular formula is C15H29N3. The standard InChI is InChI=1S/C15H29N3/c1-12(13-5-9-17(2)10-6-13)16-14-7-11-18-8-3-4-15(14)18/h12-16H,3-11H2,1-2H3. The minimum absolute atomic E-state index is 0.712. The van der Waals surface area contributed by atoms with Crippen molar-refractivity contribution < 1.29 is 0 Å². The van der Waals surface area contributed by atoms with Crippen LogP contribution in [0.15, 0.2) is 0 Å². The van der Waals surface area contributed by atoms with Gasteiger partial charge in [0.25, 0.3) is 0 Å². The molecule has 0 aromatic rings. The van der Waals surface area contributed by atoms with Crippen LogP contribution in [-0.4, -0.2) is 61.2 Å². The van der Waals surface area contributed by atoms with Crippen LogP contribution >= 0.6 is 0 Å². The third-order valence-electron chi connectivity index (χ3n) is 5.55. The lowest BCUT2D eigenvalue weighted by atomic mass is 9.89. The van der Waals surface area contributed by atoms with Crippen LogP contribution in [-0.2, 0) is 0 Å². The molecule has 18 heavy (non-hydrogen) atoms. The summed E-state index contributed by atoms with van der Waals surface area (Å²) in [5.74, 6) is 0.900. The van der Waals surface area contributed by atoms with Crippen molar-refractivity contribution in [3.63, 3.8) is 0 Å². The fraction of sp³-hybridized carbons (Fsp3) is 1.00. The Bertz CT molecular complexity index is 273. The van der Waals surface area contributed by atoms with E-state index in [1.165, 1.54) is 58.3 Å². The first-order valence-electron chi connectivity index (χ1n) is 7.92. The zero-order valence-electron chi connectivity index (χ0n) is 12.1. The summed E-state index contributed by atoms with van der Waals surface area (Å²) in [6, 6.07) is 2.35. The van der Waals surface area contributed by atoms with E-state index in [4.69, 9.17) is 0 Å². The van der Waals surface area contributed by atoms with Gasteiger partial charge in [-0.25, -0.2) is 0 Å². The molecule has 0 spiro atoms. The maximum Gasteiger partial charge on any atom is 0.0250 e. The van der Waals surface area contributed by atoms with Gasteiger partial charge < -0.3 is 10.2 Å². The molecule has 0 aliphatic carbocycles. The van der Waals surface area contributed by atoms with Gasteiger partial charge in [0.1, 0.15) is 0 Å². The Hall–Kier alpha value is -0.120. The highest BCUT2D eigenvalue weighted by molar-refractivity contribution is 4.97. The molecule has 3 nitrogen and oxygen atoms in total. The second-order valence-corrected chi connectivity index (χ2v) is 6.74. The van der Waals surface area contributed by atoms with E-state index in [0.29, 0.717) is 6.04 Å². The van der Waals surface area contributed by atoms with E-state index >= 15 is 0 Å². The number of fused-ring (bicyclic) bond motifs is 1. The summed E-state index contributed by atoms with van der Waals surface area (Å²) in [5, 5.41) is 3.97. The van der Waals surface area contributed by atoms with Crippen molar-refractivity contribution in [3.8, 4) is 0 Å². The molecule has 0 aromatic carbocycles. The van der Waals surface area contributed by atoms with E-state index in [1.54, 1.807) is 0 Å². The fourth-order valence-corrected chi connectivity index (χ4v) is 4.28. The van der Waals surface area contributed by atoms with Crippen molar-refractivity contribution in [2.75, 3.05) is 33.2 Å². The van der Waals surface area contributed by atoms with Crippen LogP contribution in [0.3, 0.4) is 0 Å². The zero-order chi connectivity index (χ0) is 12.5. The number of hydrogen-bond donors (Lipinski definition) is 1. The van der Waals surface area contributed by atoms with E-state index in [9.17, 15) is 0 Å². The molecule has 3 heteroatoms. The normalized spacial score (nSPS) is 37.0. The number of piperidine rings is 1. The summed E-state index contributed by atoms with van der Waals surface area (Å²) in [7, 11) is 2.25. The first-order valence-corrected chi connectivity index (χ1v) is 7.92. The molecule has 3 aliphatic rings. The third-order valence-corrected chi connectivity index (χ3v) is 5.55. The molecule has 104 valence electrons. The average molecular weight is 251 g/mol. The minimum Gasteiger partial charge on any atom is -0.310 e. The Morgan fingerprint density at radius 3 is 2.56 bits per heavy atom. The number of likely N-dealkylation sites (tertiary alicyclic amines) is 1. The second kappa shape index (κ2) is 5.48. The first kappa shape index (κ1) is 12.9. The molecule has 3 fully saturated rings. The second-order valence-electron chi connectivity index (χ2n) is 6.74. The summed E-state index contributed by atoms with van der Waals surface area (Å²) in [6.45, 7) is 7.69. The highest BCUT2D eigenvalue weighted by Crippen LogP contribution is 2.29. The molecule has 1 N–H and O–H groups in total. The molecule has 3 atom stereocenters. The van der Waals surface area contributed by atoms with Gasteiger partial charge in [-0.15, -0.1) is 0 Å². The van der Waals surface area contributed by atoms with Gasteiger partial charge in [-0.3, -0.25) is 4.90 Å². The van der Waals surface area contributed by atoms with Crippen LogP contribution in [0.4, 0.5) is 0 Å². The van der Waals surface area contributed by atoms with Gasteiger partial charge in [-0.1, -0.05) is 0 Å². The Labute approximate surface area is 112 Å². The van der Waals surface area contributed by atoms with Crippen LogP contribution in [0.1, 0.15) is 39.0 Å². The maximum absolute atomic E-state index is 3.97. The van der Waals surface area contributed by atoms with Gasteiger partial charge in [0.15, 0.2) is 0 Å². The molecule has 0 bridgehead atoms. The van der Waals surface area contributed by atoms with Crippen LogP contribution in [0, 0.1) is 5.92 Å². The Morgan fingerprint density at radius 2 is 1.78 bits per heavy atom. The number of nitrogens with zero attached hydrogens (tertiary/aromatic N) is 2. The van der Waals surface area contributed by atoms with Crippen molar-refractivity contribution in [1.29, 1.82) is 0 Å². The van der Waals surface area contributed by atoms with Gasteiger partial charge in [0.05, 0.1) is 0 Å². The van der Waals surface area contributed by atoms with Crippen molar-refractivity contribution in [3.05, 3.63) is 0 Å². The van der Waals surface area contributed by atoms with Gasteiger partial charge in [-0.2, -0.15) is 0 Å². The molecule has 0 aromatic heterocycles. The van der Waals surface area contributed by atoms with E-state index in [2.05, 4.69) is 29.1 Å². The maximum atomic E-state index is 3.97. The van der Waals surface area contributed by atoms with Crippen LogP contribution in [0.25, 0.3) is 0 Å².